The number of carbonyl (C=O) groups excluding carboxylic acids is 2. The molecule has 0 bridgehead atoms. The summed E-state index contributed by atoms with van der Waals surface area (Å²) in [6, 6.07) is 7.05. The Bertz CT molecular complexity index is 610. The van der Waals surface area contributed by atoms with Gasteiger partial charge in [-0.25, -0.2) is 4.79 Å². The van der Waals surface area contributed by atoms with E-state index in [1.54, 1.807) is 18.0 Å². The molecule has 0 saturated heterocycles. The Morgan fingerprint density at radius 2 is 2.04 bits per heavy atom. The number of hydrogen-bond donors (Lipinski definition) is 2. The second kappa shape index (κ2) is 7.81. The number of nitrogens with one attached hydrogen (secondary N) is 2. The van der Waals surface area contributed by atoms with Crippen LogP contribution in [-0.2, 0) is 4.79 Å². The zero-order chi connectivity index (χ0) is 16.8. The molecule has 0 saturated carbocycles. The molecule has 0 fully saturated rings. The highest BCUT2D eigenvalue weighted by molar-refractivity contribution is 5.93. The highest BCUT2D eigenvalue weighted by atomic mass is 16.2. The van der Waals surface area contributed by atoms with E-state index < -0.39 is 0 Å². The van der Waals surface area contributed by atoms with Crippen molar-refractivity contribution in [3.8, 4) is 0 Å². The summed E-state index contributed by atoms with van der Waals surface area (Å²) in [4.78, 5) is 25.1. The Labute approximate surface area is 137 Å². The zero-order valence-corrected chi connectivity index (χ0v) is 14.1. The fraction of sp³-hybridized carbons (Fsp3) is 0.444. The van der Waals surface area contributed by atoms with Gasteiger partial charge in [0.25, 0.3) is 0 Å². The third kappa shape index (κ3) is 4.84. The van der Waals surface area contributed by atoms with E-state index in [-0.39, 0.29) is 18.0 Å². The molecule has 0 spiro atoms. The first-order chi connectivity index (χ1) is 11.0. The van der Waals surface area contributed by atoms with Gasteiger partial charge in [-0.05, 0) is 50.8 Å². The van der Waals surface area contributed by atoms with Crippen LogP contribution in [0, 0.1) is 0 Å². The molecule has 0 heterocycles. The number of urea groups is 1. The first kappa shape index (κ1) is 17.1. The summed E-state index contributed by atoms with van der Waals surface area (Å²) < 4.78 is 0. The minimum atomic E-state index is -0.230. The third-order valence-corrected chi connectivity index (χ3v) is 4.19. The lowest BCUT2D eigenvalue weighted by Gasteiger charge is -2.21. The fourth-order valence-electron chi connectivity index (χ4n) is 2.69. The van der Waals surface area contributed by atoms with Crippen molar-refractivity contribution in [3.05, 3.63) is 35.9 Å². The van der Waals surface area contributed by atoms with Gasteiger partial charge in [-0.2, -0.15) is 0 Å². The lowest BCUT2D eigenvalue weighted by molar-refractivity contribution is -0.116. The average Bonchev–Trinajstić information content (AvgIpc) is 2.55. The molecule has 2 rings (SSSR count). The van der Waals surface area contributed by atoms with Gasteiger partial charge in [0, 0.05) is 31.4 Å². The number of amides is 3. The van der Waals surface area contributed by atoms with Crippen LogP contribution in [0.2, 0.25) is 0 Å². The molecule has 1 aliphatic carbocycles. The molecule has 0 aromatic heterocycles. The van der Waals surface area contributed by atoms with E-state index in [1.807, 2.05) is 25.1 Å². The number of nitrogens with zero attached hydrogens (tertiary/aromatic N) is 1. The number of benzene rings is 1. The van der Waals surface area contributed by atoms with E-state index in [0.29, 0.717) is 5.69 Å². The lowest BCUT2D eigenvalue weighted by Crippen LogP contribution is -2.37. The standard InChI is InChI=1S/C18H25N3O2/c1-13(15-8-5-4-6-9-15)19-18(23)20-16-10-7-11-17(12-16)21(3)14(2)22/h7-8,10-13H,4-6,9H2,1-3H3,(H2,19,20,23). The van der Waals surface area contributed by atoms with E-state index in [0.717, 1.165) is 18.5 Å². The van der Waals surface area contributed by atoms with Crippen molar-refractivity contribution in [2.75, 3.05) is 17.3 Å². The van der Waals surface area contributed by atoms with Crippen LogP contribution in [0.3, 0.4) is 0 Å². The Balaban J connectivity index is 1.96. The summed E-state index contributed by atoms with van der Waals surface area (Å²) in [5.41, 5.74) is 2.72. The van der Waals surface area contributed by atoms with Crippen molar-refractivity contribution < 1.29 is 9.59 Å². The van der Waals surface area contributed by atoms with Gasteiger partial charge in [-0.1, -0.05) is 17.7 Å². The van der Waals surface area contributed by atoms with E-state index in [2.05, 4.69) is 16.7 Å². The van der Waals surface area contributed by atoms with Crippen LogP contribution < -0.4 is 15.5 Å². The maximum atomic E-state index is 12.2. The van der Waals surface area contributed by atoms with Crippen LogP contribution in [0.5, 0.6) is 0 Å². The quantitative estimate of drug-likeness (QED) is 0.833. The van der Waals surface area contributed by atoms with E-state index in [9.17, 15) is 9.59 Å². The highest BCUT2D eigenvalue weighted by Gasteiger charge is 2.14. The minimum Gasteiger partial charge on any atom is -0.332 e. The van der Waals surface area contributed by atoms with Crippen LogP contribution in [0.25, 0.3) is 0 Å². The Morgan fingerprint density at radius 3 is 2.70 bits per heavy atom. The summed E-state index contributed by atoms with van der Waals surface area (Å²) in [6.45, 7) is 3.52. The normalized spacial score (nSPS) is 15.3. The summed E-state index contributed by atoms with van der Waals surface area (Å²) in [5, 5.41) is 5.80. The number of anilines is 2. The molecule has 5 heteroatoms. The molecule has 124 valence electrons. The van der Waals surface area contributed by atoms with Gasteiger partial charge in [-0.15, -0.1) is 0 Å². The fourth-order valence-corrected chi connectivity index (χ4v) is 2.69. The molecule has 1 unspecified atom stereocenters. The number of hydrogen-bond acceptors (Lipinski definition) is 2. The topological polar surface area (TPSA) is 61.4 Å². The molecular weight excluding hydrogens is 290 g/mol. The van der Waals surface area contributed by atoms with Crippen molar-refractivity contribution in [3.63, 3.8) is 0 Å². The molecule has 0 aliphatic heterocycles. The van der Waals surface area contributed by atoms with Gasteiger partial charge in [0.05, 0.1) is 0 Å². The van der Waals surface area contributed by atoms with Gasteiger partial charge in [0.1, 0.15) is 0 Å². The van der Waals surface area contributed by atoms with Crippen molar-refractivity contribution >= 4 is 23.3 Å². The highest BCUT2D eigenvalue weighted by Crippen LogP contribution is 2.21. The largest absolute Gasteiger partial charge is 0.332 e. The Morgan fingerprint density at radius 1 is 1.26 bits per heavy atom. The van der Waals surface area contributed by atoms with Gasteiger partial charge in [0.2, 0.25) is 5.91 Å². The summed E-state index contributed by atoms with van der Waals surface area (Å²) in [6.07, 6.45) is 6.82. The second-order valence-electron chi connectivity index (χ2n) is 5.97. The van der Waals surface area contributed by atoms with Crippen molar-refractivity contribution in [2.45, 2.75) is 45.6 Å². The molecule has 3 amide bonds. The van der Waals surface area contributed by atoms with Crippen LogP contribution in [-0.4, -0.2) is 25.0 Å². The predicted molar refractivity (Wildman–Crippen MR) is 93.7 cm³/mol. The molecule has 1 aromatic carbocycles. The molecular formula is C18H25N3O2. The van der Waals surface area contributed by atoms with E-state index >= 15 is 0 Å². The SMILES string of the molecule is CC(=O)N(C)c1cccc(NC(=O)NC(C)C2=CCCCC2)c1. The first-order valence-corrected chi connectivity index (χ1v) is 8.08. The van der Waals surface area contributed by atoms with Crippen LogP contribution in [0.4, 0.5) is 16.2 Å². The molecule has 23 heavy (non-hydrogen) atoms. The number of carbonyl (C=O) groups is 2. The average molecular weight is 315 g/mol. The van der Waals surface area contributed by atoms with Crippen molar-refractivity contribution in [1.29, 1.82) is 0 Å². The smallest absolute Gasteiger partial charge is 0.319 e. The maximum absolute atomic E-state index is 12.2. The van der Waals surface area contributed by atoms with Crippen molar-refractivity contribution in [2.24, 2.45) is 0 Å². The second-order valence-corrected chi connectivity index (χ2v) is 5.97. The first-order valence-electron chi connectivity index (χ1n) is 8.08. The number of allylic oxidation sites excluding steroid dienone is 1. The van der Waals surface area contributed by atoms with Crippen LogP contribution in [0.15, 0.2) is 35.9 Å². The predicted octanol–water partition coefficient (Wildman–Crippen LogP) is 3.68. The maximum Gasteiger partial charge on any atom is 0.319 e. The Kier molecular flexibility index (Phi) is 5.79. The summed E-state index contributed by atoms with van der Waals surface area (Å²) in [7, 11) is 1.71. The molecule has 5 nitrogen and oxygen atoms in total. The van der Waals surface area contributed by atoms with Gasteiger partial charge in [-0.3, -0.25) is 4.79 Å². The van der Waals surface area contributed by atoms with Gasteiger partial charge in [0.15, 0.2) is 0 Å². The van der Waals surface area contributed by atoms with E-state index in [4.69, 9.17) is 0 Å². The minimum absolute atomic E-state index is 0.0402. The molecule has 1 atom stereocenters. The molecule has 1 aliphatic rings. The third-order valence-electron chi connectivity index (χ3n) is 4.19. The van der Waals surface area contributed by atoms with Gasteiger partial charge < -0.3 is 15.5 Å². The molecule has 1 aromatic rings. The molecule has 2 N–H and O–H groups in total. The van der Waals surface area contributed by atoms with E-state index in [1.165, 1.54) is 25.3 Å². The Hall–Kier alpha value is -2.30. The van der Waals surface area contributed by atoms with Crippen LogP contribution >= 0.6 is 0 Å². The summed E-state index contributed by atoms with van der Waals surface area (Å²) >= 11 is 0. The summed E-state index contributed by atoms with van der Waals surface area (Å²) in [5.74, 6) is -0.0514. The van der Waals surface area contributed by atoms with Crippen LogP contribution in [0.1, 0.15) is 39.5 Å². The lowest BCUT2D eigenvalue weighted by atomic mass is 9.95. The monoisotopic (exact) mass is 315 g/mol. The molecule has 0 radical (unpaired) electrons. The van der Waals surface area contributed by atoms with Gasteiger partial charge >= 0.3 is 6.03 Å². The number of rotatable bonds is 4. The zero-order valence-electron chi connectivity index (χ0n) is 14.1. The van der Waals surface area contributed by atoms with Crippen molar-refractivity contribution in [1.82, 2.24) is 5.32 Å².